The Kier molecular flexibility index (Phi) is 2.62. The normalized spacial score (nSPS) is 28.0. The number of amides is 1. The van der Waals surface area contributed by atoms with Crippen molar-refractivity contribution in [2.24, 2.45) is 11.8 Å². The van der Waals surface area contributed by atoms with Gasteiger partial charge in [-0.05, 0) is 52.4 Å². The molecule has 0 bridgehead atoms. The zero-order valence-electron chi connectivity index (χ0n) is 19.9. The van der Waals surface area contributed by atoms with Crippen LogP contribution in [0.3, 0.4) is 0 Å². The quantitative estimate of drug-likeness (QED) is 0.786. The van der Waals surface area contributed by atoms with Gasteiger partial charge in [-0.2, -0.15) is 0 Å². The average Bonchev–Trinajstić information content (AvgIpc) is 3.09. The highest BCUT2D eigenvalue weighted by Crippen LogP contribution is 2.40. The number of nitrogens with zero attached hydrogens (tertiary/aromatic N) is 3. The van der Waals surface area contributed by atoms with Crippen LogP contribution in [0.15, 0.2) is 6.08 Å². The van der Waals surface area contributed by atoms with Crippen LogP contribution in [0.1, 0.15) is 52.6 Å². The second-order valence-electron chi connectivity index (χ2n) is 7.26. The number of hydrogen-bond donors (Lipinski definition) is 0. The maximum atomic E-state index is 14.5. The maximum Gasteiger partial charge on any atom is 0.410 e. The zero-order valence-corrected chi connectivity index (χ0v) is 13.9. The molecule has 1 amide bonds. The van der Waals surface area contributed by atoms with Gasteiger partial charge in [-0.1, -0.05) is 6.08 Å². The van der Waals surface area contributed by atoms with E-state index in [0.717, 1.165) is 0 Å². The van der Waals surface area contributed by atoms with E-state index in [1.165, 1.54) is 0 Å². The number of carbonyl (C=O) groups is 1. The molecule has 1 aromatic rings. The third-order valence-corrected chi connectivity index (χ3v) is 4.18. The number of aryl methyl sites for hydroxylation is 2. The average molecular weight is 339 g/mol. The van der Waals surface area contributed by atoms with Crippen LogP contribution >= 0.6 is 0 Å². The van der Waals surface area contributed by atoms with Gasteiger partial charge in [-0.15, -0.1) is 0 Å². The van der Waals surface area contributed by atoms with E-state index in [2.05, 4.69) is 9.97 Å². The summed E-state index contributed by atoms with van der Waals surface area (Å²) in [4.78, 5) is 21.6. The summed E-state index contributed by atoms with van der Waals surface area (Å²) in [5.41, 5.74) is -1.83. The minimum absolute atomic E-state index is 0.0198. The molecule has 0 spiro atoms. The lowest BCUT2D eigenvalue weighted by Crippen LogP contribution is -2.35. The van der Waals surface area contributed by atoms with E-state index in [9.17, 15) is 9.18 Å². The van der Waals surface area contributed by atoms with Gasteiger partial charge in [0.15, 0.2) is 11.6 Å². The largest absolute Gasteiger partial charge is 0.444 e. The van der Waals surface area contributed by atoms with Crippen LogP contribution < -0.4 is 0 Å². The van der Waals surface area contributed by atoms with E-state index in [-0.39, 0.29) is 17.7 Å². The summed E-state index contributed by atoms with van der Waals surface area (Å²) in [5, 5.41) is 0. The third kappa shape index (κ3) is 3.28. The van der Waals surface area contributed by atoms with Crippen molar-refractivity contribution in [1.82, 2.24) is 14.9 Å². The van der Waals surface area contributed by atoms with E-state index in [1.807, 2.05) is 6.08 Å². The molecule has 1 aromatic heterocycles. The Bertz CT molecular complexity index is 856. The molecule has 0 aromatic carbocycles. The molecule has 0 saturated carbocycles. The molecule has 5 nitrogen and oxygen atoms in total. The van der Waals surface area contributed by atoms with Gasteiger partial charge in [0.05, 0.1) is 11.4 Å². The van der Waals surface area contributed by atoms with Gasteiger partial charge in [0.1, 0.15) is 5.60 Å². The lowest BCUT2D eigenvalue weighted by molar-refractivity contribution is 0.0285. The topological polar surface area (TPSA) is 55.3 Å². The predicted molar refractivity (Wildman–Crippen MR) is 88.8 cm³/mol. The summed E-state index contributed by atoms with van der Waals surface area (Å²) in [5.74, 6) is -1.48. The molecule has 2 unspecified atom stereocenters. The highest BCUT2D eigenvalue weighted by molar-refractivity contribution is 5.70. The summed E-state index contributed by atoms with van der Waals surface area (Å²) < 4.78 is 64.9. The van der Waals surface area contributed by atoms with Crippen LogP contribution in [-0.4, -0.2) is 39.7 Å². The van der Waals surface area contributed by atoms with Crippen molar-refractivity contribution in [2.75, 3.05) is 13.1 Å². The number of fused-ring (bicyclic) bond motifs is 1. The van der Waals surface area contributed by atoms with Gasteiger partial charge in [0, 0.05) is 27.2 Å². The molecule has 0 radical (unpaired) electrons. The fourth-order valence-corrected chi connectivity index (χ4v) is 3.14. The molecule has 1 aliphatic heterocycles. The molecule has 2 heterocycles. The number of ether oxygens (including phenoxy) is 1. The number of likely N-dealkylation sites (tertiary alicyclic amines) is 1. The molecule has 2 aliphatic rings. The highest BCUT2D eigenvalue weighted by Gasteiger charge is 2.40. The van der Waals surface area contributed by atoms with Gasteiger partial charge >= 0.3 is 6.09 Å². The Morgan fingerprint density at radius 1 is 1.33 bits per heavy atom. The molecule has 130 valence electrons. The molecule has 0 N–H and O–H groups in total. The first kappa shape index (κ1) is 10.8. The van der Waals surface area contributed by atoms with Crippen LogP contribution in [-0.2, 0) is 4.74 Å². The van der Waals surface area contributed by atoms with Crippen molar-refractivity contribution < 1.29 is 22.1 Å². The molecule has 1 fully saturated rings. The number of allylic oxidation sites excluding steroid dienone is 1. The summed E-state index contributed by atoms with van der Waals surface area (Å²) in [6.45, 7) is 0.403. The Hall–Kier alpha value is -1.98. The van der Waals surface area contributed by atoms with E-state index in [1.54, 1.807) is 25.7 Å². The first-order valence-electron chi connectivity index (χ1n) is 10.8. The number of hydrogen-bond acceptors (Lipinski definition) is 4. The Morgan fingerprint density at radius 3 is 2.54 bits per heavy atom. The van der Waals surface area contributed by atoms with Gasteiger partial charge < -0.3 is 9.64 Å². The maximum absolute atomic E-state index is 14.5. The van der Waals surface area contributed by atoms with Crippen LogP contribution in [0.2, 0.25) is 0 Å². The molecule has 6 heteroatoms. The minimum Gasteiger partial charge on any atom is -0.444 e. The van der Waals surface area contributed by atoms with Crippen LogP contribution in [0.4, 0.5) is 9.18 Å². The highest BCUT2D eigenvalue weighted by atomic mass is 19.1. The third-order valence-electron chi connectivity index (χ3n) is 4.18. The van der Waals surface area contributed by atoms with Gasteiger partial charge in [0.2, 0.25) is 0 Å². The Labute approximate surface area is 150 Å². The number of halogens is 1. The Morgan fingerprint density at radius 2 is 2.00 bits per heavy atom. The summed E-state index contributed by atoms with van der Waals surface area (Å²) in [6, 6.07) is 0. The van der Waals surface area contributed by atoms with E-state index in [0.29, 0.717) is 25.1 Å². The minimum atomic E-state index is -2.91. The monoisotopic (exact) mass is 339 g/mol. The fraction of sp³-hybridized carbons (Fsp3) is 0.611. The number of rotatable bonds is 1. The molecule has 24 heavy (non-hydrogen) atoms. The summed E-state index contributed by atoms with van der Waals surface area (Å²) in [6.07, 6.45) is 1.84. The molecular weight excluding hydrogens is 309 g/mol. The first-order chi connectivity index (χ1) is 13.6. The van der Waals surface area contributed by atoms with Crippen molar-refractivity contribution in [3.05, 3.63) is 29.1 Å². The van der Waals surface area contributed by atoms with E-state index >= 15 is 0 Å². The SMILES string of the molecule is [2H]C([2H])([2H])c1nc(C2=CC3CN(C(=O)OC(C)(C)C)CC3C2)nc(C([2H])([2H])[2H])c1F. The lowest BCUT2D eigenvalue weighted by atomic mass is 10.00. The van der Waals surface area contributed by atoms with Crippen molar-refractivity contribution in [2.45, 2.75) is 46.5 Å². The standard InChI is InChI=1S/C18H24FN3O2/c1-10-15(19)11(2)21-16(20-10)12-6-13-8-22(9-14(13)7-12)17(23)24-18(3,4)5/h6,13-14H,7-9H2,1-5H3/i1D3,2D3. The van der Waals surface area contributed by atoms with Crippen molar-refractivity contribution >= 4 is 11.7 Å². The second-order valence-corrected chi connectivity index (χ2v) is 7.26. The molecular formula is C18H24FN3O2. The summed E-state index contributed by atoms with van der Waals surface area (Å²) in [7, 11) is 0. The van der Waals surface area contributed by atoms with Gasteiger partial charge in [0.25, 0.3) is 0 Å². The number of carbonyl (C=O) groups excluding carboxylic acids is 1. The molecule has 2 atom stereocenters. The van der Waals surface area contributed by atoms with Crippen LogP contribution in [0.25, 0.3) is 5.57 Å². The fourth-order valence-electron chi connectivity index (χ4n) is 3.14. The zero-order chi connectivity index (χ0) is 22.6. The summed E-state index contributed by atoms with van der Waals surface area (Å²) >= 11 is 0. The van der Waals surface area contributed by atoms with Gasteiger partial charge in [-0.25, -0.2) is 19.2 Å². The molecule has 3 rings (SSSR count). The van der Waals surface area contributed by atoms with Crippen molar-refractivity contribution in [1.29, 1.82) is 0 Å². The van der Waals surface area contributed by atoms with Crippen LogP contribution in [0, 0.1) is 31.4 Å². The first-order valence-corrected chi connectivity index (χ1v) is 7.84. The molecule has 1 aliphatic carbocycles. The molecule has 1 saturated heterocycles. The smallest absolute Gasteiger partial charge is 0.410 e. The van der Waals surface area contributed by atoms with Crippen LogP contribution in [0.5, 0.6) is 0 Å². The van der Waals surface area contributed by atoms with Crippen molar-refractivity contribution in [3.63, 3.8) is 0 Å². The Balaban J connectivity index is 1.88. The predicted octanol–water partition coefficient (Wildman–Crippen LogP) is 3.50. The second kappa shape index (κ2) is 5.83. The van der Waals surface area contributed by atoms with E-state index < -0.39 is 42.6 Å². The van der Waals surface area contributed by atoms with Gasteiger partial charge in [-0.3, -0.25) is 0 Å². The number of aromatic nitrogens is 2. The van der Waals surface area contributed by atoms with E-state index in [4.69, 9.17) is 13.0 Å². The van der Waals surface area contributed by atoms with Crippen molar-refractivity contribution in [3.8, 4) is 0 Å². The lowest BCUT2D eigenvalue weighted by Gasteiger charge is -2.24.